The van der Waals surface area contributed by atoms with Crippen LogP contribution in [-0.4, -0.2) is 35.5 Å². The van der Waals surface area contributed by atoms with Crippen LogP contribution in [-0.2, 0) is 10.2 Å². The molecular weight excluding hydrogens is 664 g/mol. The van der Waals surface area contributed by atoms with Crippen molar-refractivity contribution in [3.05, 3.63) is 89.8 Å². The molecule has 40 heavy (non-hydrogen) atoms. The summed E-state index contributed by atoms with van der Waals surface area (Å²) in [7, 11) is 1.47. The first-order valence-electron chi connectivity index (χ1n) is 12.2. The van der Waals surface area contributed by atoms with E-state index in [0.717, 1.165) is 10.0 Å². The Morgan fingerprint density at radius 1 is 1.15 bits per heavy atom. The van der Waals surface area contributed by atoms with E-state index in [1.54, 1.807) is 18.2 Å². The number of nitrogens with zero attached hydrogens (tertiary/aromatic N) is 3. The molecule has 0 aliphatic heterocycles. The number of amides is 1. The maximum atomic E-state index is 13.5. The fourth-order valence-corrected chi connectivity index (χ4v) is 4.83. The van der Waals surface area contributed by atoms with Crippen molar-refractivity contribution in [2.45, 2.75) is 33.1 Å². The standard InChI is InChI=1S/C29H27Br2ClN4O4/c1-16-6-9-19(10-7-16)34-23(37)15-40-26-22(39-5)12-17(24(31)25(26)32)14-33-36-27(38)20-13-18(30)8-11-21(20)35-28(36)29(2,3)4/h6-14H,15H2,1-5H3,(H,34,37). The number of halogens is 3. The second kappa shape index (κ2) is 12.1. The number of fused-ring (bicyclic) bond motifs is 1. The number of hydrogen-bond donors (Lipinski definition) is 1. The summed E-state index contributed by atoms with van der Waals surface area (Å²) in [6.07, 6.45) is 1.49. The lowest BCUT2D eigenvalue weighted by molar-refractivity contribution is -0.118. The molecule has 208 valence electrons. The molecule has 0 unspecified atom stereocenters. The minimum atomic E-state index is -0.471. The topological polar surface area (TPSA) is 94.8 Å². The molecule has 0 aliphatic carbocycles. The smallest absolute Gasteiger partial charge is 0.282 e. The third-order valence-corrected chi connectivity index (χ3v) is 7.79. The van der Waals surface area contributed by atoms with Gasteiger partial charge in [-0.25, -0.2) is 4.98 Å². The molecule has 1 N–H and O–H groups in total. The number of benzene rings is 3. The molecule has 1 amide bonds. The number of aromatic nitrogens is 2. The summed E-state index contributed by atoms with van der Waals surface area (Å²) < 4.78 is 13.8. The van der Waals surface area contributed by atoms with E-state index in [-0.39, 0.29) is 28.8 Å². The molecule has 0 saturated heterocycles. The molecule has 0 spiro atoms. The van der Waals surface area contributed by atoms with Crippen LogP contribution < -0.4 is 20.3 Å². The molecule has 3 aromatic carbocycles. The minimum absolute atomic E-state index is 0.188. The van der Waals surface area contributed by atoms with Crippen LogP contribution in [0.1, 0.15) is 37.7 Å². The number of carbonyl (C=O) groups is 1. The number of methoxy groups -OCH3 is 1. The van der Waals surface area contributed by atoms with Crippen LogP contribution >= 0.6 is 43.5 Å². The fourth-order valence-electron chi connectivity index (χ4n) is 3.82. The van der Waals surface area contributed by atoms with Crippen molar-refractivity contribution in [2.24, 2.45) is 5.10 Å². The van der Waals surface area contributed by atoms with Gasteiger partial charge >= 0.3 is 0 Å². The van der Waals surface area contributed by atoms with E-state index in [1.165, 1.54) is 18.0 Å². The van der Waals surface area contributed by atoms with Crippen molar-refractivity contribution >= 4 is 72.2 Å². The normalized spacial score (nSPS) is 11.7. The summed E-state index contributed by atoms with van der Waals surface area (Å²) >= 11 is 13.5. The van der Waals surface area contributed by atoms with Gasteiger partial charge in [-0.15, -0.1) is 0 Å². The van der Waals surface area contributed by atoms with Crippen molar-refractivity contribution in [2.75, 3.05) is 19.0 Å². The molecule has 1 aromatic heterocycles. The lowest BCUT2D eigenvalue weighted by Gasteiger charge is -2.21. The van der Waals surface area contributed by atoms with E-state index < -0.39 is 5.41 Å². The molecule has 4 aromatic rings. The molecule has 1 heterocycles. The Morgan fingerprint density at radius 2 is 1.85 bits per heavy atom. The zero-order valence-electron chi connectivity index (χ0n) is 22.5. The number of nitrogens with one attached hydrogen (secondary N) is 1. The lowest BCUT2D eigenvalue weighted by atomic mass is 9.95. The monoisotopic (exact) mass is 688 g/mol. The molecule has 0 fully saturated rings. The summed E-state index contributed by atoms with van der Waals surface area (Å²) in [5, 5.41) is 7.91. The minimum Gasteiger partial charge on any atom is -0.493 e. The summed E-state index contributed by atoms with van der Waals surface area (Å²) in [6, 6.07) is 14.4. The second-order valence-electron chi connectivity index (χ2n) is 10.0. The van der Waals surface area contributed by atoms with E-state index in [0.29, 0.717) is 38.2 Å². The quantitative estimate of drug-likeness (QED) is 0.209. The van der Waals surface area contributed by atoms with Crippen LogP contribution in [0.4, 0.5) is 5.69 Å². The molecule has 0 bridgehead atoms. The summed E-state index contributed by atoms with van der Waals surface area (Å²) in [5.74, 6) is 0.629. The third-order valence-electron chi connectivity index (χ3n) is 5.85. The van der Waals surface area contributed by atoms with E-state index >= 15 is 0 Å². The van der Waals surface area contributed by atoms with Gasteiger partial charge in [0.05, 0.1) is 24.2 Å². The largest absolute Gasteiger partial charge is 0.493 e. The molecule has 8 nitrogen and oxygen atoms in total. The number of ether oxygens (including phenoxy) is 2. The van der Waals surface area contributed by atoms with E-state index in [2.05, 4.69) is 42.3 Å². The first-order chi connectivity index (χ1) is 18.9. The van der Waals surface area contributed by atoms with Gasteiger partial charge in [-0.2, -0.15) is 9.78 Å². The maximum Gasteiger partial charge on any atom is 0.282 e. The molecule has 0 atom stereocenters. The lowest BCUT2D eigenvalue weighted by Crippen LogP contribution is -2.29. The van der Waals surface area contributed by atoms with Crippen molar-refractivity contribution in [1.29, 1.82) is 0 Å². The molecule has 0 radical (unpaired) electrons. The zero-order chi connectivity index (χ0) is 29.2. The first kappa shape index (κ1) is 29.8. The van der Waals surface area contributed by atoms with Crippen LogP contribution in [0, 0.1) is 6.92 Å². The van der Waals surface area contributed by atoms with Gasteiger partial charge in [-0.05, 0) is 59.3 Å². The highest BCUT2D eigenvalue weighted by atomic mass is 79.9. The Balaban J connectivity index is 1.66. The predicted molar refractivity (Wildman–Crippen MR) is 166 cm³/mol. The van der Waals surface area contributed by atoms with Crippen molar-refractivity contribution in [3.8, 4) is 11.5 Å². The van der Waals surface area contributed by atoms with Crippen LogP contribution in [0.2, 0.25) is 5.02 Å². The Morgan fingerprint density at radius 3 is 2.50 bits per heavy atom. The zero-order valence-corrected chi connectivity index (χ0v) is 26.4. The highest BCUT2D eigenvalue weighted by molar-refractivity contribution is 9.10. The Kier molecular flexibility index (Phi) is 9.02. The SMILES string of the molecule is COc1cc(C=Nn2c(C(C)(C)C)nc3ccc(Br)cc3c2=O)c(Br)c(Cl)c1OCC(=O)Nc1ccc(C)cc1. The molecule has 11 heteroatoms. The second-order valence-corrected chi connectivity index (χ2v) is 12.1. The highest BCUT2D eigenvalue weighted by Gasteiger charge is 2.23. The first-order valence-corrected chi connectivity index (χ1v) is 14.2. The Hall–Kier alpha value is -3.21. The fraction of sp³-hybridized carbons (Fsp3) is 0.241. The maximum absolute atomic E-state index is 13.5. The number of anilines is 1. The van der Waals surface area contributed by atoms with E-state index in [4.69, 9.17) is 26.1 Å². The average Bonchev–Trinajstić information content (AvgIpc) is 2.90. The summed E-state index contributed by atoms with van der Waals surface area (Å²) in [5.41, 5.74) is 2.08. The highest BCUT2D eigenvalue weighted by Crippen LogP contribution is 2.42. The summed E-state index contributed by atoms with van der Waals surface area (Å²) in [4.78, 5) is 30.7. The van der Waals surface area contributed by atoms with Gasteiger partial charge in [0.15, 0.2) is 18.1 Å². The van der Waals surface area contributed by atoms with Gasteiger partial charge in [0, 0.05) is 25.6 Å². The van der Waals surface area contributed by atoms with Gasteiger partial charge in [-0.1, -0.05) is 66.0 Å². The Labute approximate surface area is 253 Å². The van der Waals surface area contributed by atoms with Crippen molar-refractivity contribution in [3.63, 3.8) is 0 Å². The summed E-state index contributed by atoms with van der Waals surface area (Å²) in [6.45, 7) is 7.56. The average molecular weight is 691 g/mol. The van der Waals surface area contributed by atoms with Crippen LogP contribution in [0.3, 0.4) is 0 Å². The van der Waals surface area contributed by atoms with E-state index in [9.17, 15) is 9.59 Å². The van der Waals surface area contributed by atoms with Gasteiger partial charge in [-0.3, -0.25) is 9.59 Å². The Bertz CT molecular complexity index is 1680. The molecule has 0 aliphatic rings. The van der Waals surface area contributed by atoms with Crippen molar-refractivity contribution < 1.29 is 14.3 Å². The molecule has 0 saturated carbocycles. The number of aryl methyl sites for hydroxylation is 1. The van der Waals surface area contributed by atoms with E-state index in [1.807, 2.05) is 58.0 Å². The van der Waals surface area contributed by atoms with Gasteiger partial charge in [0.2, 0.25) is 0 Å². The third kappa shape index (κ3) is 6.56. The van der Waals surface area contributed by atoms with Crippen LogP contribution in [0.15, 0.2) is 67.4 Å². The van der Waals surface area contributed by atoms with Crippen LogP contribution in [0.25, 0.3) is 10.9 Å². The molecule has 4 rings (SSSR count). The molecular formula is C29H27Br2ClN4O4. The predicted octanol–water partition coefficient (Wildman–Crippen LogP) is 7.09. The van der Waals surface area contributed by atoms with Gasteiger partial charge in [0.25, 0.3) is 11.5 Å². The van der Waals surface area contributed by atoms with Gasteiger partial charge in [0.1, 0.15) is 10.8 Å². The van der Waals surface area contributed by atoms with Crippen LogP contribution in [0.5, 0.6) is 11.5 Å². The van der Waals surface area contributed by atoms with Crippen molar-refractivity contribution in [1.82, 2.24) is 9.66 Å². The number of rotatable bonds is 7. The van der Waals surface area contributed by atoms with Gasteiger partial charge < -0.3 is 14.8 Å². The number of carbonyl (C=O) groups excluding carboxylic acids is 1. The number of hydrogen-bond acceptors (Lipinski definition) is 6.